The minimum atomic E-state index is -3.80. The van der Waals surface area contributed by atoms with Crippen LogP contribution in [0, 0.1) is 0 Å². The van der Waals surface area contributed by atoms with Crippen molar-refractivity contribution in [1.29, 1.82) is 0 Å². The molecule has 29 heavy (non-hydrogen) atoms. The van der Waals surface area contributed by atoms with E-state index in [1.165, 1.54) is 21.1 Å². The average molecular weight is 423 g/mol. The van der Waals surface area contributed by atoms with Gasteiger partial charge in [-0.05, 0) is 38.0 Å². The molecule has 1 heterocycles. The summed E-state index contributed by atoms with van der Waals surface area (Å²) in [6.45, 7) is 1.38. The van der Waals surface area contributed by atoms with Crippen molar-refractivity contribution in [3.05, 3.63) is 24.1 Å². The third kappa shape index (κ3) is 4.87. The molecule has 0 saturated heterocycles. The van der Waals surface area contributed by atoms with Crippen LogP contribution < -0.4 is 14.8 Å². The van der Waals surface area contributed by atoms with Crippen molar-refractivity contribution in [2.75, 3.05) is 14.2 Å². The number of hydrogen-bond acceptors (Lipinski definition) is 8. The summed E-state index contributed by atoms with van der Waals surface area (Å²) < 4.78 is 40.8. The summed E-state index contributed by atoms with van der Waals surface area (Å²) in [5.74, 6) is 0.184. The first-order valence-electron chi connectivity index (χ1n) is 9.41. The van der Waals surface area contributed by atoms with Crippen molar-refractivity contribution >= 4 is 15.7 Å². The van der Waals surface area contributed by atoms with Crippen molar-refractivity contribution in [2.24, 2.45) is 0 Å². The molecule has 0 spiro atoms. The van der Waals surface area contributed by atoms with E-state index in [9.17, 15) is 13.2 Å². The van der Waals surface area contributed by atoms with Gasteiger partial charge in [0.2, 0.25) is 17.6 Å². The molecular formula is C19H25N3O6S. The molecule has 1 amide bonds. The SMILES string of the molecule is COc1ccc(-c2noc(CS(=O)(=O)[C@@H](C)C(=O)NC3CCCC3)n2)cc1OC. The molecule has 1 aromatic heterocycles. The maximum absolute atomic E-state index is 12.6. The van der Waals surface area contributed by atoms with Gasteiger partial charge in [-0.1, -0.05) is 18.0 Å². The van der Waals surface area contributed by atoms with Crippen LogP contribution in [0.3, 0.4) is 0 Å². The van der Waals surface area contributed by atoms with E-state index in [2.05, 4.69) is 15.5 Å². The minimum absolute atomic E-state index is 0.0557. The molecule has 10 heteroatoms. The molecule has 0 unspecified atom stereocenters. The van der Waals surface area contributed by atoms with E-state index in [1.54, 1.807) is 18.2 Å². The Morgan fingerprint density at radius 2 is 1.93 bits per heavy atom. The van der Waals surface area contributed by atoms with E-state index >= 15 is 0 Å². The molecular weight excluding hydrogens is 398 g/mol. The van der Waals surface area contributed by atoms with Crippen LogP contribution >= 0.6 is 0 Å². The van der Waals surface area contributed by atoms with Gasteiger partial charge in [0.1, 0.15) is 11.0 Å². The fourth-order valence-corrected chi connectivity index (χ4v) is 4.36. The molecule has 158 valence electrons. The third-order valence-electron chi connectivity index (χ3n) is 5.04. The van der Waals surface area contributed by atoms with Crippen LogP contribution in [0.15, 0.2) is 22.7 Å². The fourth-order valence-electron chi connectivity index (χ4n) is 3.25. The molecule has 2 aromatic rings. The van der Waals surface area contributed by atoms with Gasteiger partial charge in [0.25, 0.3) is 0 Å². The van der Waals surface area contributed by atoms with Crippen LogP contribution in [0.1, 0.15) is 38.5 Å². The van der Waals surface area contributed by atoms with Crippen molar-refractivity contribution < 1.29 is 27.2 Å². The van der Waals surface area contributed by atoms with Gasteiger partial charge in [0.15, 0.2) is 21.3 Å². The summed E-state index contributed by atoms with van der Waals surface area (Å²) in [6.07, 6.45) is 3.87. The van der Waals surface area contributed by atoms with E-state index in [0.717, 1.165) is 25.7 Å². The van der Waals surface area contributed by atoms with E-state index in [-0.39, 0.29) is 17.8 Å². The standard InChI is InChI=1S/C19H25N3O6S/c1-12(19(23)20-14-6-4-5-7-14)29(24,25)11-17-21-18(22-28-17)13-8-9-15(26-2)16(10-13)27-3/h8-10,12,14H,4-7,11H2,1-3H3,(H,20,23)/t12-/m0/s1. The molecule has 1 saturated carbocycles. The molecule has 1 N–H and O–H groups in total. The Morgan fingerprint density at radius 1 is 1.24 bits per heavy atom. The lowest BCUT2D eigenvalue weighted by Crippen LogP contribution is -2.42. The van der Waals surface area contributed by atoms with Gasteiger partial charge in [0, 0.05) is 11.6 Å². The van der Waals surface area contributed by atoms with Gasteiger partial charge in [0.05, 0.1) is 14.2 Å². The second-order valence-corrected chi connectivity index (χ2v) is 9.34. The Kier molecular flexibility index (Phi) is 6.41. The van der Waals surface area contributed by atoms with Crippen LogP contribution in [-0.4, -0.2) is 50.0 Å². The zero-order chi connectivity index (χ0) is 21.0. The minimum Gasteiger partial charge on any atom is -0.493 e. The van der Waals surface area contributed by atoms with Gasteiger partial charge >= 0.3 is 0 Å². The lowest BCUT2D eigenvalue weighted by atomic mass is 10.2. The molecule has 1 atom stereocenters. The number of carbonyl (C=O) groups is 1. The Bertz CT molecular complexity index is 966. The Morgan fingerprint density at radius 3 is 2.59 bits per heavy atom. The highest BCUT2D eigenvalue weighted by atomic mass is 32.2. The van der Waals surface area contributed by atoms with Crippen molar-refractivity contribution in [1.82, 2.24) is 15.5 Å². The van der Waals surface area contributed by atoms with Gasteiger partial charge < -0.3 is 19.3 Å². The fraction of sp³-hybridized carbons (Fsp3) is 0.526. The van der Waals surface area contributed by atoms with Crippen LogP contribution in [0.25, 0.3) is 11.4 Å². The predicted molar refractivity (Wildman–Crippen MR) is 105 cm³/mol. The number of benzene rings is 1. The van der Waals surface area contributed by atoms with E-state index in [4.69, 9.17) is 14.0 Å². The summed E-state index contributed by atoms with van der Waals surface area (Å²) in [5.41, 5.74) is 0.585. The first kappa shape index (κ1) is 21.1. The molecule has 3 rings (SSSR count). The van der Waals surface area contributed by atoms with Crippen LogP contribution in [0.5, 0.6) is 11.5 Å². The summed E-state index contributed by atoms with van der Waals surface area (Å²) in [4.78, 5) is 16.5. The Balaban J connectivity index is 1.70. The third-order valence-corrected chi connectivity index (χ3v) is 6.98. The second kappa shape index (κ2) is 8.81. The van der Waals surface area contributed by atoms with E-state index in [0.29, 0.717) is 17.1 Å². The van der Waals surface area contributed by atoms with Crippen molar-refractivity contribution in [2.45, 2.75) is 49.7 Å². The number of nitrogens with zero attached hydrogens (tertiary/aromatic N) is 2. The lowest BCUT2D eigenvalue weighted by Gasteiger charge is -2.16. The summed E-state index contributed by atoms with van der Waals surface area (Å²) >= 11 is 0. The Hall–Kier alpha value is -2.62. The van der Waals surface area contributed by atoms with E-state index in [1.807, 2.05) is 0 Å². The lowest BCUT2D eigenvalue weighted by molar-refractivity contribution is -0.121. The highest BCUT2D eigenvalue weighted by molar-refractivity contribution is 7.92. The number of ether oxygens (including phenoxy) is 2. The molecule has 0 radical (unpaired) electrons. The first-order chi connectivity index (χ1) is 13.8. The number of rotatable bonds is 8. The van der Waals surface area contributed by atoms with Gasteiger partial charge in [-0.2, -0.15) is 4.98 Å². The van der Waals surface area contributed by atoms with E-state index < -0.39 is 26.7 Å². The molecule has 9 nitrogen and oxygen atoms in total. The quantitative estimate of drug-likeness (QED) is 0.685. The molecule has 1 aliphatic carbocycles. The number of aromatic nitrogens is 2. The second-order valence-electron chi connectivity index (χ2n) is 7.02. The van der Waals surface area contributed by atoms with Gasteiger partial charge in [-0.15, -0.1) is 0 Å². The summed E-state index contributed by atoms with van der Waals surface area (Å²) in [7, 11) is -0.765. The summed E-state index contributed by atoms with van der Waals surface area (Å²) in [6, 6.07) is 5.12. The normalized spacial score (nSPS) is 15.8. The van der Waals surface area contributed by atoms with Crippen LogP contribution in [0.4, 0.5) is 0 Å². The van der Waals surface area contributed by atoms with Gasteiger partial charge in [-0.25, -0.2) is 8.42 Å². The molecule has 0 bridgehead atoms. The monoisotopic (exact) mass is 423 g/mol. The average Bonchev–Trinajstić information content (AvgIpc) is 3.38. The molecule has 1 aromatic carbocycles. The zero-order valence-corrected chi connectivity index (χ0v) is 17.5. The number of hydrogen-bond donors (Lipinski definition) is 1. The predicted octanol–water partition coefficient (Wildman–Crippen LogP) is 2.12. The first-order valence-corrected chi connectivity index (χ1v) is 11.1. The largest absolute Gasteiger partial charge is 0.493 e. The molecule has 1 fully saturated rings. The smallest absolute Gasteiger partial charge is 0.242 e. The highest BCUT2D eigenvalue weighted by Gasteiger charge is 2.32. The number of amides is 1. The maximum atomic E-state index is 12.6. The Labute approximate surface area is 169 Å². The van der Waals surface area contributed by atoms with Gasteiger partial charge in [-0.3, -0.25) is 4.79 Å². The molecule has 1 aliphatic rings. The number of methoxy groups -OCH3 is 2. The topological polar surface area (TPSA) is 121 Å². The van der Waals surface area contributed by atoms with Crippen LogP contribution in [-0.2, 0) is 20.4 Å². The highest BCUT2D eigenvalue weighted by Crippen LogP contribution is 2.31. The number of carbonyl (C=O) groups excluding carboxylic acids is 1. The van der Waals surface area contributed by atoms with Crippen molar-refractivity contribution in [3.63, 3.8) is 0 Å². The molecule has 0 aliphatic heterocycles. The maximum Gasteiger partial charge on any atom is 0.242 e. The number of sulfone groups is 1. The zero-order valence-electron chi connectivity index (χ0n) is 16.7. The van der Waals surface area contributed by atoms with Crippen LogP contribution in [0.2, 0.25) is 0 Å². The van der Waals surface area contributed by atoms with Crippen molar-refractivity contribution in [3.8, 4) is 22.9 Å². The number of nitrogens with one attached hydrogen (secondary N) is 1. The summed E-state index contributed by atoms with van der Waals surface area (Å²) in [5, 5.41) is 5.46.